The van der Waals surface area contributed by atoms with Crippen LogP contribution in [0.1, 0.15) is 16.1 Å². The normalized spacial score (nSPS) is 11.5. The number of rotatable bonds is 5. The van der Waals surface area contributed by atoms with Crippen LogP contribution < -0.4 is 5.32 Å². The molecule has 0 saturated heterocycles. The van der Waals surface area contributed by atoms with Crippen LogP contribution in [0.5, 0.6) is 0 Å². The first-order chi connectivity index (χ1) is 16.7. The molecule has 11 heteroatoms. The van der Waals surface area contributed by atoms with Crippen LogP contribution in [0.25, 0.3) is 11.3 Å². The largest absolute Gasteiger partial charge is 0.310 e. The van der Waals surface area contributed by atoms with Gasteiger partial charge in [0.25, 0.3) is 5.91 Å². The van der Waals surface area contributed by atoms with E-state index in [2.05, 4.69) is 20.5 Å². The van der Waals surface area contributed by atoms with Crippen LogP contribution in [0, 0.1) is 29.1 Å². The van der Waals surface area contributed by atoms with E-state index in [1.165, 1.54) is 12.1 Å². The van der Waals surface area contributed by atoms with Crippen LogP contribution in [0.4, 0.5) is 27.6 Å². The average Bonchev–Trinajstić information content (AvgIpc) is 3.22. The van der Waals surface area contributed by atoms with Gasteiger partial charge in [-0.05, 0) is 54.6 Å². The van der Waals surface area contributed by atoms with E-state index in [0.717, 1.165) is 42.5 Å². The van der Waals surface area contributed by atoms with Crippen molar-refractivity contribution in [3.8, 4) is 11.3 Å². The summed E-state index contributed by atoms with van der Waals surface area (Å²) >= 11 is 5.87. The van der Waals surface area contributed by atoms with Gasteiger partial charge in [0.05, 0.1) is 11.4 Å². The van der Waals surface area contributed by atoms with Crippen LogP contribution in [-0.2, 0) is 6.42 Å². The zero-order valence-electron chi connectivity index (χ0n) is 17.6. The average molecular weight is 505 g/mol. The highest BCUT2D eigenvalue weighted by molar-refractivity contribution is 6.30. The van der Waals surface area contributed by atoms with Gasteiger partial charge in [0.2, 0.25) is 0 Å². The van der Waals surface area contributed by atoms with Gasteiger partial charge in [0.15, 0.2) is 11.6 Å². The first-order valence-corrected chi connectivity index (χ1v) is 10.3. The zero-order valence-corrected chi connectivity index (χ0v) is 18.3. The molecule has 0 unspecified atom stereocenters. The lowest BCUT2D eigenvalue weighted by atomic mass is 10.1. The maximum absolute atomic E-state index is 13.8. The summed E-state index contributed by atoms with van der Waals surface area (Å²) < 4.78 is 67.7. The molecule has 4 rings (SSSR count). The molecule has 0 aliphatic rings. The summed E-state index contributed by atoms with van der Waals surface area (Å²) in [5, 5.41) is 9.23. The van der Waals surface area contributed by atoms with Crippen LogP contribution in [0.2, 0.25) is 5.02 Å². The molecule has 4 aromatic rings. The molecule has 0 fully saturated rings. The molecule has 0 atom stereocenters. The summed E-state index contributed by atoms with van der Waals surface area (Å²) in [4.78, 5) is 16.9. The lowest BCUT2D eigenvalue weighted by molar-refractivity contribution is 0.0976. The second-order valence-corrected chi connectivity index (χ2v) is 7.82. The third kappa shape index (κ3) is 6.10. The molecule has 0 saturated carbocycles. The molecule has 1 aromatic heterocycles. The minimum Gasteiger partial charge on any atom is -0.310 e. The molecule has 0 aliphatic heterocycles. The number of nitrogens with one attached hydrogen (secondary N) is 2. The summed E-state index contributed by atoms with van der Waals surface area (Å²) in [5.41, 5.74) is 0.651. The zero-order chi connectivity index (χ0) is 25.1. The predicted octanol–water partition coefficient (Wildman–Crippen LogP) is 6.13. The molecule has 1 heterocycles. The Labute approximate surface area is 200 Å². The van der Waals surface area contributed by atoms with Crippen molar-refractivity contribution in [2.75, 3.05) is 0 Å². The van der Waals surface area contributed by atoms with Crippen molar-refractivity contribution in [1.29, 1.82) is 0 Å². The Morgan fingerprint density at radius 1 is 0.886 bits per heavy atom. The molecule has 2 N–H and O–H groups in total. The second kappa shape index (κ2) is 10.1. The predicted molar refractivity (Wildman–Crippen MR) is 120 cm³/mol. The highest BCUT2D eigenvalue weighted by Crippen LogP contribution is 2.23. The van der Waals surface area contributed by atoms with E-state index in [9.17, 15) is 26.7 Å². The monoisotopic (exact) mass is 504 g/mol. The van der Waals surface area contributed by atoms with E-state index in [1.807, 2.05) is 0 Å². The third-order valence-electron chi connectivity index (χ3n) is 4.70. The molecule has 5 nitrogen and oxygen atoms in total. The van der Waals surface area contributed by atoms with Gasteiger partial charge in [-0.25, -0.2) is 26.9 Å². The summed E-state index contributed by atoms with van der Waals surface area (Å²) in [6, 6.07) is 10.5. The number of benzene rings is 3. The van der Waals surface area contributed by atoms with E-state index >= 15 is 0 Å². The molecule has 0 bridgehead atoms. The van der Waals surface area contributed by atoms with Crippen LogP contribution in [-0.4, -0.2) is 21.9 Å². The van der Waals surface area contributed by atoms with Crippen molar-refractivity contribution in [1.82, 2.24) is 15.5 Å². The number of amides is 1. The Balaban J connectivity index is 1.65. The van der Waals surface area contributed by atoms with Gasteiger partial charge in [0, 0.05) is 34.3 Å². The second-order valence-electron chi connectivity index (χ2n) is 7.38. The lowest BCUT2D eigenvalue weighted by Gasteiger charge is -2.09. The highest BCUT2D eigenvalue weighted by Gasteiger charge is 2.15. The number of carbonyl (C=O) groups excluding carboxylic acids is 1. The van der Waals surface area contributed by atoms with Crippen molar-refractivity contribution in [3.63, 3.8) is 0 Å². The molecular formula is C24H14ClF5N4O. The number of hydrogen-bond donors (Lipinski definition) is 2. The molecule has 35 heavy (non-hydrogen) atoms. The van der Waals surface area contributed by atoms with Gasteiger partial charge in [-0.2, -0.15) is 5.10 Å². The van der Waals surface area contributed by atoms with Gasteiger partial charge in [-0.1, -0.05) is 11.6 Å². The first kappa shape index (κ1) is 24.1. The summed E-state index contributed by atoms with van der Waals surface area (Å²) in [6.07, 6.45) is -0.103. The highest BCUT2D eigenvalue weighted by atomic mass is 35.5. The number of nitrogens with zero attached hydrogens (tertiary/aromatic N) is 2. The Morgan fingerprint density at radius 3 is 2.29 bits per heavy atom. The van der Waals surface area contributed by atoms with Gasteiger partial charge in [0.1, 0.15) is 23.3 Å². The van der Waals surface area contributed by atoms with Crippen molar-refractivity contribution in [3.05, 3.63) is 106 Å². The topological polar surface area (TPSA) is 70.1 Å². The number of hydrogen-bond acceptors (Lipinski definition) is 3. The molecule has 0 radical (unpaired) electrons. The molecule has 3 aromatic carbocycles. The van der Waals surface area contributed by atoms with Gasteiger partial charge < -0.3 is 5.32 Å². The Kier molecular flexibility index (Phi) is 6.92. The van der Waals surface area contributed by atoms with Crippen LogP contribution >= 0.6 is 11.6 Å². The number of aromatic amines is 1. The Hall–Kier alpha value is -4.05. The van der Waals surface area contributed by atoms with Crippen molar-refractivity contribution < 1.29 is 26.7 Å². The lowest BCUT2D eigenvalue weighted by Crippen LogP contribution is -2.32. The molecule has 1 amide bonds. The fraction of sp³-hybridized carbons (Fsp3) is 0.0417. The fourth-order valence-electron chi connectivity index (χ4n) is 3.19. The SMILES string of the molecule is O=C(NC(Cc1cc(-c2cc(F)cc(F)c2)n[nH]1)=Nc1cc(F)cc(Cl)c1)c1ccc(F)c(F)c1. The van der Waals surface area contributed by atoms with E-state index < -0.39 is 35.0 Å². The number of carbonyl (C=O) groups is 1. The Morgan fingerprint density at radius 2 is 1.60 bits per heavy atom. The minimum absolute atomic E-state index is 0.0259. The number of aliphatic imine (C=N–C) groups is 1. The van der Waals surface area contributed by atoms with Crippen molar-refractivity contribution >= 4 is 29.0 Å². The van der Waals surface area contributed by atoms with E-state index in [1.54, 1.807) is 0 Å². The van der Waals surface area contributed by atoms with Crippen LogP contribution in [0.3, 0.4) is 0 Å². The molecule has 0 aliphatic carbocycles. The number of aromatic nitrogens is 2. The van der Waals surface area contributed by atoms with Crippen molar-refractivity contribution in [2.24, 2.45) is 4.99 Å². The quantitative estimate of drug-likeness (QED) is 0.195. The smallest absolute Gasteiger partial charge is 0.256 e. The van der Waals surface area contributed by atoms with E-state index in [4.69, 9.17) is 11.6 Å². The standard InChI is InChI=1S/C24H14ClF5N4O/c25-14-6-17(28)9-18(7-14)31-23(32-24(35)12-1-2-20(29)21(30)5-12)11-19-10-22(34-33-19)13-3-15(26)8-16(27)4-13/h1-10H,11H2,(H,33,34)(H,31,32,35). The maximum Gasteiger partial charge on any atom is 0.256 e. The van der Waals surface area contributed by atoms with Gasteiger partial charge in [-0.3, -0.25) is 9.89 Å². The summed E-state index contributed by atoms with van der Waals surface area (Å²) in [7, 11) is 0. The molecule has 178 valence electrons. The fourth-order valence-corrected chi connectivity index (χ4v) is 3.41. The first-order valence-electron chi connectivity index (χ1n) is 9.97. The molecule has 0 spiro atoms. The maximum atomic E-state index is 13.8. The van der Waals surface area contributed by atoms with Crippen molar-refractivity contribution in [2.45, 2.75) is 6.42 Å². The van der Waals surface area contributed by atoms with E-state index in [0.29, 0.717) is 11.8 Å². The van der Waals surface area contributed by atoms with Gasteiger partial charge in [-0.15, -0.1) is 0 Å². The third-order valence-corrected chi connectivity index (χ3v) is 4.92. The minimum atomic E-state index is -1.21. The van der Waals surface area contributed by atoms with Gasteiger partial charge >= 0.3 is 0 Å². The van der Waals surface area contributed by atoms with E-state index in [-0.39, 0.29) is 39.8 Å². The number of H-pyrrole nitrogens is 1. The summed E-state index contributed by atoms with van der Waals surface area (Å²) in [5.74, 6) is -5.40. The number of halogens is 6. The summed E-state index contributed by atoms with van der Waals surface area (Å²) in [6.45, 7) is 0. The number of amidine groups is 1. The Bertz CT molecular complexity index is 1410. The van der Waals surface area contributed by atoms with Crippen LogP contribution in [0.15, 0.2) is 65.7 Å². The molecular weight excluding hydrogens is 491 g/mol.